The zero-order valence-corrected chi connectivity index (χ0v) is 21.3. The van der Waals surface area contributed by atoms with E-state index in [0.717, 1.165) is 62.3 Å². The second-order valence-electron chi connectivity index (χ2n) is 9.23. The van der Waals surface area contributed by atoms with Crippen LogP contribution in [0.15, 0.2) is 53.3 Å². The zero-order chi connectivity index (χ0) is 24.9. The van der Waals surface area contributed by atoms with Gasteiger partial charge in [0, 0.05) is 43.2 Å². The molecule has 2 aliphatic rings. The molecule has 1 saturated heterocycles. The molecule has 3 aromatic rings. The first kappa shape index (κ1) is 24.5. The van der Waals surface area contributed by atoms with Crippen LogP contribution >= 0.6 is 12.2 Å². The van der Waals surface area contributed by atoms with Crippen molar-refractivity contribution in [2.45, 2.75) is 25.9 Å². The van der Waals surface area contributed by atoms with E-state index in [1.807, 2.05) is 36.4 Å². The monoisotopic (exact) mass is 508 g/mol. The number of morpholine rings is 1. The number of aromatic amines is 1. The number of ether oxygens (including phenoxy) is 3. The van der Waals surface area contributed by atoms with Crippen molar-refractivity contribution < 1.29 is 14.2 Å². The Morgan fingerprint density at radius 3 is 2.67 bits per heavy atom. The average Bonchev–Trinajstić information content (AvgIpc) is 3.35. The van der Waals surface area contributed by atoms with Gasteiger partial charge in [-0.1, -0.05) is 30.3 Å². The van der Waals surface area contributed by atoms with Gasteiger partial charge in [0.05, 0.1) is 31.3 Å². The van der Waals surface area contributed by atoms with Gasteiger partial charge in [-0.15, -0.1) is 0 Å². The zero-order valence-electron chi connectivity index (χ0n) is 20.5. The molecule has 0 amide bonds. The van der Waals surface area contributed by atoms with Crippen LogP contribution in [0.3, 0.4) is 0 Å². The Labute approximate surface area is 216 Å². The molecule has 36 heavy (non-hydrogen) atoms. The number of fused-ring (bicyclic) bond motifs is 2. The Kier molecular flexibility index (Phi) is 7.69. The lowest BCUT2D eigenvalue weighted by Gasteiger charge is -2.30. The average molecular weight is 509 g/mol. The smallest absolute Gasteiger partial charge is 0.253 e. The first-order valence-electron chi connectivity index (χ1n) is 12.4. The Hall–Kier alpha value is -3.14. The van der Waals surface area contributed by atoms with Gasteiger partial charge in [-0.05, 0) is 43.3 Å². The Bertz CT molecular complexity index is 1260. The number of hydrogen-bond donors (Lipinski definition) is 2. The summed E-state index contributed by atoms with van der Waals surface area (Å²) in [6, 6.07) is 15.9. The minimum absolute atomic E-state index is 0.0510. The molecule has 2 aliphatic heterocycles. The van der Waals surface area contributed by atoms with Crippen LogP contribution in [0.4, 0.5) is 0 Å². The van der Waals surface area contributed by atoms with Crippen LogP contribution in [-0.4, -0.2) is 66.1 Å². The van der Waals surface area contributed by atoms with Gasteiger partial charge in [0.15, 0.2) is 16.6 Å². The van der Waals surface area contributed by atoms with Crippen LogP contribution in [0.5, 0.6) is 11.5 Å². The van der Waals surface area contributed by atoms with Gasteiger partial charge >= 0.3 is 0 Å². The quantitative estimate of drug-likeness (QED) is 0.448. The van der Waals surface area contributed by atoms with Gasteiger partial charge in [-0.2, -0.15) is 0 Å². The standard InChI is InChI=1S/C27H32N4O4S/c1-19(20-6-3-2-4-7-20)28-27(36)31(9-5-8-30-10-12-33-13-11-30)17-22-14-21-15-24-25(35-18-34-24)16-23(21)29-26(22)32/h2-4,6-7,14-16,19H,5,8-13,17-18H2,1H3,(H,28,36)(H,29,32). The number of nitrogens with one attached hydrogen (secondary N) is 2. The van der Waals surface area contributed by atoms with Crippen LogP contribution in [0, 0.1) is 0 Å². The Morgan fingerprint density at radius 1 is 1.14 bits per heavy atom. The molecule has 1 fully saturated rings. The van der Waals surface area contributed by atoms with Crippen LogP contribution in [0.2, 0.25) is 0 Å². The third kappa shape index (κ3) is 5.80. The molecule has 3 heterocycles. The van der Waals surface area contributed by atoms with Crippen LogP contribution in [0.1, 0.15) is 30.5 Å². The molecule has 8 nitrogen and oxygen atoms in total. The highest BCUT2D eigenvalue weighted by Gasteiger charge is 2.19. The van der Waals surface area contributed by atoms with Crippen molar-refractivity contribution in [1.29, 1.82) is 0 Å². The van der Waals surface area contributed by atoms with E-state index in [0.29, 0.717) is 28.7 Å². The van der Waals surface area contributed by atoms with Crippen molar-refractivity contribution in [2.75, 3.05) is 46.2 Å². The third-order valence-electron chi connectivity index (χ3n) is 6.71. The van der Waals surface area contributed by atoms with Crippen molar-refractivity contribution >= 4 is 28.2 Å². The lowest BCUT2D eigenvalue weighted by molar-refractivity contribution is 0.0367. The fourth-order valence-electron chi connectivity index (χ4n) is 4.63. The van der Waals surface area contributed by atoms with E-state index in [1.165, 1.54) is 0 Å². The maximum absolute atomic E-state index is 13.0. The van der Waals surface area contributed by atoms with E-state index < -0.39 is 0 Å². The van der Waals surface area contributed by atoms with Gasteiger partial charge in [-0.3, -0.25) is 9.69 Å². The summed E-state index contributed by atoms with van der Waals surface area (Å²) < 4.78 is 16.4. The highest BCUT2D eigenvalue weighted by atomic mass is 32.1. The summed E-state index contributed by atoms with van der Waals surface area (Å²) >= 11 is 5.86. The number of rotatable bonds is 8. The van der Waals surface area contributed by atoms with Crippen molar-refractivity contribution in [2.24, 2.45) is 0 Å². The minimum Gasteiger partial charge on any atom is -0.454 e. The first-order valence-corrected chi connectivity index (χ1v) is 12.8. The van der Waals surface area contributed by atoms with E-state index in [2.05, 4.69) is 39.2 Å². The summed E-state index contributed by atoms with van der Waals surface area (Å²) in [6.07, 6.45) is 0.936. The highest BCUT2D eigenvalue weighted by Crippen LogP contribution is 2.35. The molecular weight excluding hydrogens is 476 g/mol. The minimum atomic E-state index is -0.126. The summed E-state index contributed by atoms with van der Waals surface area (Å²) in [6.45, 7) is 7.88. The topological polar surface area (TPSA) is 79.1 Å². The molecule has 0 spiro atoms. The molecule has 0 saturated carbocycles. The first-order chi connectivity index (χ1) is 17.6. The Balaban J connectivity index is 1.33. The summed E-state index contributed by atoms with van der Waals surface area (Å²) in [5, 5.41) is 5.01. The SMILES string of the molecule is CC(NC(=S)N(CCCN1CCOCC1)Cc1cc2cc3c(cc2[nH]c1=O)OCO3)c1ccccc1. The molecule has 5 rings (SSSR count). The van der Waals surface area contributed by atoms with Crippen molar-refractivity contribution in [3.8, 4) is 11.5 Å². The fraction of sp³-hybridized carbons (Fsp3) is 0.407. The van der Waals surface area contributed by atoms with Crippen LogP contribution in [0.25, 0.3) is 10.9 Å². The molecule has 2 N–H and O–H groups in total. The number of hydrogen-bond acceptors (Lipinski definition) is 6. The third-order valence-corrected chi connectivity index (χ3v) is 7.08. The molecule has 1 unspecified atom stereocenters. The summed E-state index contributed by atoms with van der Waals surface area (Å²) in [5.41, 5.74) is 2.42. The van der Waals surface area contributed by atoms with Crippen LogP contribution < -0.4 is 20.3 Å². The second-order valence-corrected chi connectivity index (χ2v) is 9.61. The number of aromatic nitrogens is 1. The number of benzene rings is 2. The predicted octanol–water partition coefficient (Wildman–Crippen LogP) is 3.42. The Morgan fingerprint density at radius 2 is 1.89 bits per heavy atom. The van der Waals surface area contributed by atoms with Crippen molar-refractivity contribution in [1.82, 2.24) is 20.1 Å². The summed E-state index contributed by atoms with van der Waals surface area (Å²) in [5.74, 6) is 1.34. The maximum atomic E-state index is 13.0. The van der Waals surface area contributed by atoms with E-state index >= 15 is 0 Å². The lowest BCUT2D eigenvalue weighted by Crippen LogP contribution is -2.43. The van der Waals surface area contributed by atoms with Crippen molar-refractivity contribution in [3.05, 3.63) is 70.0 Å². The van der Waals surface area contributed by atoms with Crippen LogP contribution in [-0.2, 0) is 11.3 Å². The molecule has 0 radical (unpaired) electrons. The summed E-state index contributed by atoms with van der Waals surface area (Å²) in [7, 11) is 0. The normalized spacial score (nSPS) is 16.1. The number of H-pyrrole nitrogens is 1. The molecule has 9 heteroatoms. The molecule has 1 aromatic heterocycles. The second kappa shape index (κ2) is 11.3. The molecule has 0 bridgehead atoms. The molecular formula is C27H32N4O4S. The van der Waals surface area contributed by atoms with E-state index in [-0.39, 0.29) is 18.4 Å². The largest absolute Gasteiger partial charge is 0.454 e. The molecule has 2 aromatic carbocycles. The van der Waals surface area contributed by atoms with E-state index in [9.17, 15) is 4.79 Å². The van der Waals surface area contributed by atoms with Crippen molar-refractivity contribution in [3.63, 3.8) is 0 Å². The van der Waals surface area contributed by atoms with Gasteiger partial charge in [-0.25, -0.2) is 0 Å². The van der Waals surface area contributed by atoms with E-state index in [1.54, 1.807) is 0 Å². The fourth-order valence-corrected chi connectivity index (χ4v) is 4.96. The van der Waals surface area contributed by atoms with E-state index in [4.69, 9.17) is 26.4 Å². The highest BCUT2D eigenvalue weighted by molar-refractivity contribution is 7.80. The lowest BCUT2D eigenvalue weighted by atomic mass is 10.1. The maximum Gasteiger partial charge on any atom is 0.253 e. The predicted molar refractivity (Wildman–Crippen MR) is 144 cm³/mol. The molecule has 1 atom stereocenters. The molecule has 190 valence electrons. The van der Waals surface area contributed by atoms with Gasteiger partial charge < -0.3 is 29.4 Å². The number of thiocarbonyl (C=S) groups is 1. The van der Waals surface area contributed by atoms with Gasteiger partial charge in [0.1, 0.15) is 0 Å². The molecule has 0 aliphatic carbocycles. The number of nitrogens with zero attached hydrogens (tertiary/aromatic N) is 2. The van der Waals surface area contributed by atoms with Gasteiger partial charge in [0.2, 0.25) is 6.79 Å². The van der Waals surface area contributed by atoms with Gasteiger partial charge in [0.25, 0.3) is 5.56 Å². The summed E-state index contributed by atoms with van der Waals surface area (Å²) in [4.78, 5) is 20.5. The number of pyridine rings is 1.